The number of aromatic nitrogens is 1. The first-order chi connectivity index (χ1) is 7.29. The van der Waals surface area contributed by atoms with Crippen molar-refractivity contribution < 1.29 is 4.79 Å². The molecule has 1 radical (unpaired) electrons. The van der Waals surface area contributed by atoms with Gasteiger partial charge in [0.1, 0.15) is 0 Å². The average molecular weight is 199 g/mol. The molecule has 2 rings (SSSR count). The lowest BCUT2D eigenvalue weighted by atomic mass is 10.2. The third-order valence-corrected chi connectivity index (χ3v) is 2.15. The summed E-state index contributed by atoms with van der Waals surface area (Å²) in [6.07, 6.45) is 3.59. The maximum Gasteiger partial charge on any atom is 0.222 e. The molecule has 15 heavy (non-hydrogen) atoms. The molecule has 1 aromatic carbocycles. The third-order valence-electron chi connectivity index (χ3n) is 2.15. The van der Waals surface area contributed by atoms with Gasteiger partial charge in [-0.15, -0.1) is 0 Å². The second kappa shape index (κ2) is 4.09. The first-order valence-corrected chi connectivity index (χ1v) is 4.78. The maximum atomic E-state index is 10.4. The molecule has 1 N–H and O–H groups in total. The highest BCUT2D eigenvalue weighted by atomic mass is 16.1. The minimum absolute atomic E-state index is 0.312. The van der Waals surface area contributed by atoms with E-state index >= 15 is 0 Å². The van der Waals surface area contributed by atoms with Gasteiger partial charge in [-0.2, -0.15) is 0 Å². The Morgan fingerprint density at radius 3 is 3.00 bits per heavy atom. The maximum absolute atomic E-state index is 10.4. The number of hydrogen-bond acceptors (Lipinski definition) is 3. The van der Waals surface area contributed by atoms with Gasteiger partial charge in [-0.3, -0.25) is 9.78 Å². The van der Waals surface area contributed by atoms with Gasteiger partial charge in [0.05, 0.1) is 23.4 Å². The number of carbonyl (C=O) groups excluding carboxylic acids is 1. The minimum Gasteiger partial charge on any atom is -0.374 e. The molecule has 0 aliphatic heterocycles. The number of anilines is 1. The van der Waals surface area contributed by atoms with Crippen LogP contribution < -0.4 is 5.32 Å². The molecule has 2 aromatic rings. The van der Waals surface area contributed by atoms with E-state index in [-0.39, 0.29) is 6.04 Å². The number of pyridine rings is 1. The molecule has 1 heterocycles. The van der Waals surface area contributed by atoms with Crippen LogP contribution in [0, 0.1) is 0 Å². The minimum atomic E-state index is -0.312. The van der Waals surface area contributed by atoms with Crippen molar-refractivity contribution in [2.75, 3.05) is 5.32 Å². The summed E-state index contributed by atoms with van der Waals surface area (Å²) in [5, 5.41) is 4.05. The summed E-state index contributed by atoms with van der Waals surface area (Å²) < 4.78 is 0. The smallest absolute Gasteiger partial charge is 0.222 e. The molecule has 0 bridgehead atoms. The molecule has 0 aliphatic rings. The fourth-order valence-corrected chi connectivity index (χ4v) is 1.43. The third kappa shape index (κ3) is 2.13. The number of nitrogens with zero attached hydrogens (tertiary/aromatic N) is 1. The summed E-state index contributed by atoms with van der Waals surface area (Å²) in [4.78, 5) is 14.6. The summed E-state index contributed by atoms with van der Waals surface area (Å²) in [6, 6.07) is 9.51. The summed E-state index contributed by atoms with van der Waals surface area (Å²) in [7, 11) is 0. The number of fused-ring (bicyclic) bond motifs is 1. The zero-order valence-corrected chi connectivity index (χ0v) is 8.40. The molecule has 0 saturated carbocycles. The number of hydrogen-bond donors (Lipinski definition) is 1. The van der Waals surface area contributed by atoms with Crippen LogP contribution in [-0.4, -0.2) is 17.3 Å². The molecule has 0 aliphatic carbocycles. The van der Waals surface area contributed by atoms with Gasteiger partial charge in [-0.25, -0.2) is 0 Å². The molecular formula is C12H11N2O. The molecule has 3 heteroatoms. The largest absolute Gasteiger partial charge is 0.374 e. The molecular weight excluding hydrogens is 188 g/mol. The Hall–Kier alpha value is -1.90. The van der Waals surface area contributed by atoms with Crippen LogP contribution in [-0.2, 0) is 4.79 Å². The lowest BCUT2D eigenvalue weighted by Crippen LogP contribution is -2.16. The summed E-state index contributed by atoms with van der Waals surface area (Å²) in [6.45, 7) is 1.75. The van der Waals surface area contributed by atoms with Crippen LogP contribution in [0.15, 0.2) is 36.5 Å². The van der Waals surface area contributed by atoms with Gasteiger partial charge in [0.15, 0.2) is 0 Å². The molecule has 0 spiro atoms. The van der Waals surface area contributed by atoms with Crippen molar-refractivity contribution in [2.24, 2.45) is 0 Å². The second-order valence-corrected chi connectivity index (χ2v) is 3.40. The van der Waals surface area contributed by atoms with E-state index in [2.05, 4.69) is 10.3 Å². The van der Waals surface area contributed by atoms with Gasteiger partial charge >= 0.3 is 0 Å². The van der Waals surface area contributed by atoms with Crippen LogP contribution in [0.3, 0.4) is 0 Å². The van der Waals surface area contributed by atoms with Crippen LogP contribution in [0.1, 0.15) is 6.92 Å². The Balaban J connectivity index is 2.34. The van der Waals surface area contributed by atoms with Gasteiger partial charge in [-0.05, 0) is 19.1 Å². The predicted octanol–water partition coefficient (Wildman–Crippen LogP) is 2.14. The van der Waals surface area contributed by atoms with Gasteiger partial charge in [-0.1, -0.05) is 18.2 Å². The van der Waals surface area contributed by atoms with E-state index in [0.29, 0.717) is 0 Å². The fraction of sp³-hybridized carbons (Fsp3) is 0.167. The van der Waals surface area contributed by atoms with Crippen molar-refractivity contribution in [1.29, 1.82) is 0 Å². The van der Waals surface area contributed by atoms with Crippen LogP contribution >= 0.6 is 0 Å². The van der Waals surface area contributed by atoms with Crippen LogP contribution in [0.25, 0.3) is 10.9 Å². The highest BCUT2D eigenvalue weighted by molar-refractivity contribution is 5.82. The summed E-state index contributed by atoms with van der Waals surface area (Å²) in [5.74, 6) is 0. The molecule has 0 fully saturated rings. The summed E-state index contributed by atoms with van der Waals surface area (Å²) in [5.41, 5.74) is 1.79. The standard InChI is InChI=1S/C12H11N2O/c1-9(8-15)14-11-6-10-4-2-3-5-12(10)13-7-11/h2-7,9,14H,1H3/t9-/m0/s1. The number of rotatable bonds is 3. The first kappa shape index (κ1) is 9.65. The zero-order chi connectivity index (χ0) is 10.7. The number of para-hydroxylation sites is 1. The SMILES string of the molecule is C[C@@H]([C]=O)Nc1cnc2ccccc2c1. The van der Waals surface area contributed by atoms with E-state index in [4.69, 9.17) is 0 Å². The van der Waals surface area contributed by atoms with Gasteiger partial charge in [0.2, 0.25) is 6.29 Å². The Labute approximate surface area is 88.1 Å². The Morgan fingerprint density at radius 1 is 1.40 bits per heavy atom. The van der Waals surface area contributed by atoms with E-state index in [1.807, 2.05) is 36.6 Å². The molecule has 3 nitrogen and oxygen atoms in total. The van der Waals surface area contributed by atoms with Crippen molar-refractivity contribution in [2.45, 2.75) is 13.0 Å². The van der Waals surface area contributed by atoms with Gasteiger partial charge < -0.3 is 5.32 Å². The Kier molecular flexibility index (Phi) is 2.63. The highest BCUT2D eigenvalue weighted by Crippen LogP contribution is 2.16. The predicted molar refractivity (Wildman–Crippen MR) is 60.5 cm³/mol. The Morgan fingerprint density at radius 2 is 2.20 bits per heavy atom. The van der Waals surface area contributed by atoms with Gasteiger partial charge in [0, 0.05) is 5.39 Å². The summed E-state index contributed by atoms with van der Waals surface area (Å²) >= 11 is 0. The molecule has 0 saturated heterocycles. The van der Waals surface area contributed by atoms with E-state index in [1.165, 1.54) is 0 Å². The van der Waals surface area contributed by atoms with Crippen molar-refractivity contribution >= 4 is 22.9 Å². The molecule has 0 unspecified atom stereocenters. The van der Waals surface area contributed by atoms with Crippen LogP contribution in [0.5, 0.6) is 0 Å². The normalized spacial score (nSPS) is 12.3. The molecule has 1 atom stereocenters. The van der Waals surface area contributed by atoms with E-state index < -0.39 is 0 Å². The van der Waals surface area contributed by atoms with Crippen molar-refractivity contribution in [3.63, 3.8) is 0 Å². The average Bonchev–Trinajstić information content (AvgIpc) is 2.29. The van der Waals surface area contributed by atoms with Crippen LogP contribution in [0.4, 0.5) is 5.69 Å². The van der Waals surface area contributed by atoms with E-state index in [0.717, 1.165) is 16.6 Å². The van der Waals surface area contributed by atoms with Crippen molar-refractivity contribution in [3.8, 4) is 0 Å². The topological polar surface area (TPSA) is 42.0 Å². The second-order valence-electron chi connectivity index (χ2n) is 3.40. The van der Waals surface area contributed by atoms with Crippen molar-refractivity contribution in [1.82, 2.24) is 4.98 Å². The molecule has 1 aromatic heterocycles. The van der Waals surface area contributed by atoms with Crippen molar-refractivity contribution in [3.05, 3.63) is 36.5 Å². The molecule has 0 amide bonds. The lowest BCUT2D eigenvalue weighted by molar-refractivity contribution is 0.549. The number of nitrogens with one attached hydrogen (secondary N) is 1. The first-order valence-electron chi connectivity index (χ1n) is 4.78. The number of benzene rings is 1. The molecule has 75 valence electrons. The highest BCUT2D eigenvalue weighted by Gasteiger charge is 2.01. The Bertz CT molecular complexity index is 482. The van der Waals surface area contributed by atoms with E-state index in [1.54, 1.807) is 13.1 Å². The zero-order valence-electron chi connectivity index (χ0n) is 8.40. The quantitative estimate of drug-likeness (QED) is 0.823. The fourth-order valence-electron chi connectivity index (χ4n) is 1.43. The van der Waals surface area contributed by atoms with E-state index in [9.17, 15) is 4.79 Å². The monoisotopic (exact) mass is 199 g/mol. The van der Waals surface area contributed by atoms with Gasteiger partial charge in [0.25, 0.3) is 0 Å². The van der Waals surface area contributed by atoms with Crippen LogP contribution in [0.2, 0.25) is 0 Å². The lowest BCUT2D eigenvalue weighted by Gasteiger charge is -2.08.